The van der Waals surface area contributed by atoms with Crippen LogP contribution in [0.3, 0.4) is 0 Å². The van der Waals surface area contributed by atoms with Crippen molar-refractivity contribution in [3.05, 3.63) is 65.2 Å². The van der Waals surface area contributed by atoms with Crippen molar-refractivity contribution in [2.75, 3.05) is 26.0 Å². The van der Waals surface area contributed by atoms with E-state index in [1.807, 2.05) is 37.3 Å². The summed E-state index contributed by atoms with van der Waals surface area (Å²) in [5.74, 6) is -0.215. The Labute approximate surface area is 174 Å². The first-order chi connectivity index (χ1) is 14.0. The third-order valence-electron chi connectivity index (χ3n) is 3.76. The summed E-state index contributed by atoms with van der Waals surface area (Å²) in [6.07, 6.45) is 1.47. The number of hydrogen-bond donors (Lipinski definition) is 1. The summed E-state index contributed by atoms with van der Waals surface area (Å²) in [6.45, 7) is 2.70. The number of thioether (sulfide) groups is 1. The largest absolute Gasteiger partial charge is 0.426 e. The molecule has 1 N–H and O–H groups in total. The van der Waals surface area contributed by atoms with Crippen LogP contribution in [-0.2, 0) is 14.3 Å². The molecule has 0 aliphatic carbocycles. The molecule has 0 aliphatic heterocycles. The highest BCUT2D eigenvalue weighted by atomic mass is 32.2. The molecule has 7 heteroatoms. The summed E-state index contributed by atoms with van der Waals surface area (Å²) in [4.78, 5) is 25.0. The summed E-state index contributed by atoms with van der Waals surface area (Å²) in [7, 11) is 1.53. The molecule has 2 aromatic carbocycles. The molecular formula is C22H22N2O4S. The second-order valence-electron chi connectivity index (χ2n) is 6.06. The standard InChI is InChI=1S/C22H22N2O4S/c1-16-3-9-20(10-4-16)29-15-21(25)28-19-7-5-17(6-8-19)13-18(14-23)22(26)24-11-12-27-2/h3-10,13H,11-12,15H2,1-2H3,(H,24,26)/b18-13+. The molecule has 2 rings (SSSR count). The van der Waals surface area contributed by atoms with E-state index in [9.17, 15) is 14.9 Å². The van der Waals surface area contributed by atoms with Crippen LogP contribution in [0.4, 0.5) is 0 Å². The number of carbonyl (C=O) groups excluding carboxylic acids is 2. The van der Waals surface area contributed by atoms with Crippen molar-refractivity contribution in [3.63, 3.8) is 0 Å². The minimum absolute atomic E-state index is 0.0136. The Hall–Kier alpha value is -3.08. The first kappa shape index (κ1) is 22.2. The summed E-state index contributed by atoms with van der Waals surface area (Å²) >= 11 is 1.41. The predicted octanol–water partition coefficient (Wildman–Crippen LogP) is 3.36. The molecule has 6 nitrogen and oxygen atoms in total. The Morgan fingerprint density at radius 2 is 1.83 bits per heavy atom. The van der Waals surface area contributed by atoms with Crippen LogP contribution in [0.15, 0.2) is 59.0 Å². The van der Waals surface area contributed by atoms with E-state index >= 15 is 0 Å². The lowest BCUT2D eigenvalue weighted by molar-refractivity contribution is -0.131. The van der Waals surface area contributed by atoms with Gasteiger partial charge in [0, 0.05) is 18.6 Å². The fourth-order valence-electron chi connectivity index (χ4n) is 2.25. The van der Waals surface area contributed by atoms with Crippen molar-refractivity contribution in [3.8, 4) is 11.8 Å². The third kappa shape index (κ3) is 7.82. The number of rotatable bonds is 9. The molecule has 0 aliphatic rings. The molecule has 0 unspecified atom stereocenters. The zero-order chi connectivity index (χ0) is 21.1. The average molecular weight is 410 g/mol. The summed E-state index contributed by atoms with van der Waals surface area (Å²) in [5.41, 5.74) is 1.80. The predicted molar refractivity (Wildman–Crippen MR) is 112 cm³/mol. The van der Waals surface area contributed by atoms with E-state index in [2.05, 4.69) is 5.32 Å². The number of ether oxygens (including phenoxy) is 2. The number of amides is 1. The number of aryl methyl sites for hydroxylation is 1. The number of hydrogen-bond acceptors (Lipinski definition) is 6. The summed E-state index contributed by atoms with van der Waals surface area (Å²) in [5, 5.41) is 11.8. The molecule has 0 aromatic heterocycles. The van der Waals surface area contributed by atoms with Crippen LogP contribution in [0.1, 0.15) is 11.1 Å². The number of esters is 1. The zero-order valence-corrected chi connectivity index (χ0v) is 17.1. The number of nitrogens with zero attached hydrogens (tertiary/aromatic N) is 1. The van der Waals surface area contributed by atoms with Crippen molar-refractivity contribution in [2.24, 2.45) is 0 Å². The summed E-state index contributed by atoms with van der Waals surface area (Å²) < 4.78 is 10.2. The monoisotopic (exact) mass is 410 g/mol. The van der Waals surface area contributed by atoms with Crippen molar-refractivity contribution in [1.29, 1.82) is 5.26 Å². The minimum atomic E-state index is -0.465. The van der Waals surface area contributed by atoms with Crippen molar-refractivity contribution < 1.29 is 19.1 Å². The van der Waals surface area contributed by atoms with Gasteiger partial charge in [-0.25, -0.2) is 0 Å². The lowest BCUT2D eigenvalue weighted by Gasteiger charge is -2.06. The van der Waals surface area contributed by atoms with E-state index in [4.69, 9.17) is 9.47 Å². The van der Waals surface area contributed by atoms with Gasteiger partial charge in [-0.05, 0) is 42.8 Å². The SMILES string of the molecule is COCCNC(=O)/C(C#N)=C/c1ccc(OC(=O)CSc2ccc(C)cc2)cc1. The number of methoxy groups -OCH3 is 1. The van der Waals surface area contributed by atoms with Gasteiger partial charge in [0.05, 0.1) is 12.4 Å². The van der Waals surface area contributed by atoms with Crippen LogP contribution < -0.4 is 10.1 Å². The van der Waals surface area contributed by atoms with Gasteiger partial charge in [0.2, 0.25) is 0 Å². The number of nitriles is 1. The molecule has 0 saturated carbocycles. The van der Waals surface area contributed by atoms with Crippen LogP contribution in [0, 0.1) is 18.3 Å². The minimum Gasteiger partial charge on any atom is -0.426 e. The molecule has 29 heavy (non-hydrogen) atoms. The average Bonchev–Trinajstić information content (AvgIpc) is 2.73. The molecule has 150 valence electrons. The highest BCUT2D eigenvalue weighted by Crippen LogP contribution is 2.20. The van der Waals surface area contributed by atoms with Crippen LogP contribution in [0.5, 0.6) is 5.75 Å². The van der Waals surface area contributed by atoms with E-state index in [0.717, 1.165) is 10.5 Å². The Morgan fingerprint density at radius 1 is 1.14 bits per heavy atom. The topological polar surface area (TPSA) is 88.4 Å². The highest BCUT2D eigenvalue weighted by molar-refractivity contribution is 8.00. The van der Waals surface area contributed by atoms with Crippen molar-refractivity contribution in [1.82, 2.24) is 5.32 Å². The fourth-order valence-corrected chi connectivity index (χ4v) is 2.92. The normalized spacial score (nSPS) is 10.9. The smallest absolute Gasteiger partial charge is 0.321 e. The first-order valence-corrected chi connectivity index (χ1v) is 9.89. The molecule has 0 bridgehead atoms. The molecule has 0 heterocycles. The van der Waals surface area contributed by atoms with Gasteiger partial charge in [-0.1, -0.05) is 29.8 Å². The number of carbonyl (C=O) groups is 2. The summed E-state index contributed by atoms with van der Waals surface area (Å²) in [6, 6.07) is 16.4. The van der Waals surface area contributed by atoms with E-state index < -0.39 is 5.91 Å². The second kappa shape index (κ2) is 11.7. The Balaban J connectivity index is 1.89. The Morgan fingerprint density at radius 3 is 2.45 bits per heavy atom. The van der Waals surface area contributed by atoms with Gasteiger partial charge in [-0.2, -0.15) is 5.26 Å². The van der Waals surface area contributed by atoms with Crippen molar-refractivity contribution in [2.45, 2.75) is 11.8 Å². The van der Waals surface area contributed by atoms with Gasteiger partial charge in [0.1, 0.15) is 17.4 Å². The van der Waals surface area contributed by atoms with Crippen LogP contribution in [0.2, 0.25) is 0 Å². The maximum Gasteiger partial charge on any atom is 0.321 e. The zero-order valence-electron chi connectivity index (χ0n) is 16.3. The van der Waals surface area contributed by atoms with E-state index in [0.29, 0.717) is 24.5 Å². The number of benzene rings is 2. The third-order valence-corrected chi connectivity index (χ3v) is 4.74. The maximum absolute atomic E-state index is 12.0. The first-order valence-electron chi connectivity index (χ1n) is 8.91. The van der Waals surface area contributed by atoms with Crippen LogP contribution >= 0.6 is 11.8 Å². The van der Waals surface area contributed by atoms with E-state index in [1.165, 1.54) is 24.9 Å². The fraction of sp³-hybridized carbons (Fsp3) is 0.227. The van der Waals surface area contributed by atoms with Gasteiger partial charge in [-0.3, -0.25) is 9.59 Å². The highest BCUT2D eigenvalue weighted by Gasteiger charge is 2.09. The lowest BCUT2D eigenvalue weighted by Crippen LogP contribution is -2.27. The Bertz CT molecular complexity index is 900. The van der Waals surface area contributed by atoms with Gasteiger partial charge >= 0.3 is 5.97 Å². The molecule has 2 aromatic rings. The van der Waals surface area contributed by atoms with Gasteiger partial charge in [0.15, 0.2) is 0 Å². The maximum atomic E-state index is 12.0. The van der Waals surface area contributed by atoms with Crippen LogP contribution in [-0.4, -0.2) is 37.9 Å². The number of nitrogens with one attached hydrogen (secondary N) is 1. The van der Waals surface area contributed by atoms with Gasteiger partial charge in [-0.15, -0.1) is 11.8 Å². The van der Waals surface area contributed by atoms with E-state index in [-0.39, 0.29) is 17.3 Å². The molecule has 0 atom stereocenters. The molecule has 0 saturated heterocycles. The lowest BCUT2D eigenvalue weighted by atomic mass is 10.1. The van der Waals surface area contributed by atoms with Gasteiger partial charge in [0.25, 0.3) is 5.91 Å². The molecule has 0 radical (unpaired) electrons. The molecular weight excluding hydrogens is 388 g/mol. The molecule has 1 amide bonds. The van der Waals surface area contributed by atoms with Crippen molar-refractivity contribution >= 4 is 29.7 Å². The van der Waals surface area contributed by atoms with Gasteiger partial charge < -0.3 is 14.8 Å². The Kier molecular flexibility index (Phi) is 8.96. The quantitative estimate of drug-likeness (QED) is 0.170. The second-order valence-corrected chi connectivity index (χ2v) is 7.11. The molecule has 0 fully saturated rings. The van der Waals surface area contributed by atoms with E-state index in [1.54, 1.807) is 24.3 Å². The molecule has 0 spiro atoms. The van der Waals surface area contributed by atoms with Crippen LogP contribution in [0.25, 0.3) is 6.08 Å².